The molecule has 1 aliphatic heterocycles. The van der Waals surface area contributed by atoms with E-state index in [-0.39, 0.29) is 0 Å². The number of likely N-dealkylation sites (tertiary alicyclic amines) is 1. The number of nitrogens with zero attached hydrogens (tertiary/aromatic N) is 1. The molecule has 0 unspecified atom stereocenters. The van der Waals surface area contributed by atoms with Crippen LogP contribution in [-0.4, -0.2) is 49.4 Å². The first kappa shape index (κ1) is 7.17. The molecule has 0 bridgehead atoms. The van der Waals surface area contributed by atoms with Crippen LogP contribution in [0.2, 0.25) is 0 Å². The fourth-order valence-corrected chi connectivity index (χ4v) is 1.81. The molecule has 1 heterocycles. The predicted octanol–water partition coefficient (Wildman–Crippen LogP) is 3.53. The second-order valence-corrected chi connectivity index (χ2v) is 5.83. The lowest BCUT2D eigenvalue weighted by Crippen LogP contribution is -2.43. The van der Waals surface area contributed by atoms with Crippen molar-refractivity contribution in [2.75, 3.05) is 27.1 Å². The van der Waals surface area contributed by atoms with Gasteiger partial charge in [0.05, 0.1) is 27.9 Å². The molecule has 0 aliphatic carbocycles. The summed E-state index contributed by atoms with van der Waals surface area (Å²) in [5, 5.41) is 0. The highest BCUT2D eigenvalue weighted by atomic mass is 16.6. The van der Waals surface area contributed by atoms with Gasteiger partial charge in [-0.3, -0.25) is 4.79 Å². The minimum atomic E-state index is -4.10. The fraction of sp³-hybridized carbons (Fsp3) is 0.579. The molecular weight excluding hydrogens is 322 g/mol. The van der Waals surface area contributed by atoms with Crippen molar-refractivity contribution in [1.29, 1.82) is 0 Å². The van der Waals surface area contributed by atoms with Gasteiger partial charge in [0, 0.05) is 31.2 Å². The molecule has 6 heteroatoms. The van der Waals surface area contributed by atoms with Crippen molar-refractivity contribution in [3.63, 3.8) is 0 Å². The monoisotopic (exact) mass is 364 g/mol. The van der Waals surface area contributed by atoms with E-state index in [1.165, 1.54) is 20.8 Å². The number of rotatable bonds is 4. The quantitative estimate of drug-likeness (QED) is 0.765. The molecule has 0 aromatic heterocycles. The first-order valence-electron chi connectivity index (χ1n) is 14.5. The number of amides is 1. The Morgan fingerprint density at radius 2 is 1.92 bits per heavy atom. The highest BCUT2D eigenvalue weighted by Gasteiger charge is 2.31. The van der Waals surface area contributed by atoms with Crippen LogP contribution in [0.4, 0.5) is 4.79 Å². The molecular formula is C19H27NO5. The highest BCUT2D eigenvalue weighted by molar-refractivity contribution is 6.01. The van der Waals surface area contributed by atoms with Gasteiger partial charge in [0.1, 0.15) is 5.60 Å². The normalized spacial score (nSPS) is 34.8. The van der Waals surface area contributed by atoms with Gasteiger partial charge in [-0.1, -0.05) is 6.07 Å². The second-order valence-electron chi connectivity index (χ2n) is 5.83. The van der Waals surface area contributed by atoms with E-state index in [2.05, 4.69) is 4.74 Å². The summed E-state index contributed by atoms with van der Waals surface area (Å²) in [5.41, 5.74) is -2.50. The number of carbonyl (C=O) groups excluding carboxylic acids is 2. The van der Waals surface area contributed by atoms with Crippen LogP contribution < -0.4 is 9.47 Å². The maximum absolute atomic E-state index is 13.9. The van der Waals surface area contributed by atoms with Crippen LogP contribution in [-0.2, 0) is 4.74 Å². The Morgan fingerprint density at radius 1 is 1.24 bits per heavy atom. The number of ketones is 1. The van der Waals surface area contributed by atoms with Gasteiger partial charge in [0.15, 0.2) is 17.3 Å². The minimum Gasteiger partial charge on any atom is -0.493 e. The van der Waals surface area contributed by atoms with Crippen LogP contribution in [0.15, 0.2) is 18.2 Å². The highest BCUT2D eigenvalue weighted by Crippen LogP contribution is 2.34. The number of piperidine rings is 1. The second kappa shape index (κ2) is 7.76. The Hall–Kier alpha value is -2.24. The lowest BCUT2D eigenvalue weighted by molar-refractivity contribution is 0.0182. The molecule has 0 spiro atoms. The molecule has 6 nitrogen and oxygen atoms in total. The summed E-state index contributed by atoms with van der Waals surface area (Å²) in [6, 6.07) is 2.48. The van der Waals surface area contributed by atoms with Crippen molar-refractivity contribution in [3.05, 3.63) is 23.8 Å². The van der Waals surface area contributed by atoms with Crippen molar-refractivity contribution >= 4 is 11.9 Å². The molecule has 1 aliphatic rings. The molecule has 0 N–H and O–H groups in total. The van der Waals surface area contributed by atoms with E-state index in [1.54, 1.807) is 0 Å². The van der Waals surface area contributed by atoms with Gasteiger partial charge in [-0.05, 0) is 45.6 Å². The number of Topliss-reactive ketones (excluding diaryl/α,β-unsaturated/α-hetero) is 1. The number of ether oxygens (including phenoxy) is 3. The van der Waals surface area contributed by atoms with E-state index in [0.717, 1.165) is 12.1 Å². The molecule has 1 fully saturated rings. The number of carbonyl (C=O) groups is 2. The van der Waals surface area contributed by atoms with Crippen molar-refractivity contribution in [3.8, 4) is 11.5 Å². The summed E-state index contributed by atoms with van der Waals surface area (Å²) in [5.74, 6) is -8.20. The van der Waals surface area contributed by atoms with Crippen LogP contribution in [0, 0.1) is 5.89 Å². The molecule has 25 heavy (non-hydrogen) atoms. The van der Waals surface area contributed by atoms with E-state index in [9.17, 15) is 9.59 Å². The molecule has 1 aromatic rings. The van der Waals surface area contributed by atoms with Gasteiger partial charge in [0.2, 0.25) is 0 Å². The lowest BCUT2D eigenvalue weighted by Gasteiger charge is -2.33. The fourth-order valence-electron chi connectivity index (χ4n) is 1.81. The summed E-state index contributed by atoms with van der Waals surface area (Å²) in [4.78, 5) is 26.2. The summed E-state index contributed by atoms with van der Waals surface area (Å²) in [6.07, 6.45) is -9.97. The van der Waals surface area contributed by atoms with Crippen LogP contribution in [0.3, 0.4) is 0 Å². The largest absolute Gasteiger partial charge is 0.493 e. The number of para-hydroxylation sites is 1. The molecule has 0 atom stereocenters. The maximum Gasteiger partial charge on any atom is 0.410 e. The van der Waals surface area contributed by atoms with Crippen LogP contribution in [0.5, 0.6) is 11.5 Å². The number of hydrogen-bond acceptors (Lipinski definition) is 5. The zero-order valence-electron chi connectivity index (χ0n) is 28.7. The molecule has 0 saturated carbocycles. The SMILES string of the molecule is [2H]C([2H])([2H])Oc1cccc(C(=O)C2([2H])C([2H])([2H])C([2H])([2H])N(C(=O)OC(C)(C)C)C([2H])([2H])C2([2H])[2H])c1OC([2H])([2H])[2H]. The van der Waals surface area contributed by atoms with Gasteiger partial charge in [-0.15, -0.1) is 0 Å². The minimum absolute atomic E-state index is 0.501. The van der Waals surface area contributed by atoms with Crippen LogP contribution in [0.25, 0.3) is 0 Å². The van der Waals surface area contributed by atoms with Gasteiger partial charge in [-0.25, -0.2) is 4.79 Å². The van der Waals surface area contributed by atoms with Gasteiger partial charge < -0.3 is 19.1 Å². The van der Waals surface area contributed by atoms with E-state index in [1.807, 2.05) is 0 Å². The summed E-state index contributed by atoms with van der Waals surface area (Å²) >= 11 is 0. The first-order valence-corrected chi connectivity index (χ1v) is 7.05. The van der Waals surface area contributed by atoms with E-state index in [0.29, 0.717) is 6.07 Å². The average molecular weight is 365 g/mol. The zero-order chi connectivity index (χ0) is 31.7. The van der Waals surface area contributed by atoms with Gasteiger partial charge >= 0.3 is 6.09 Å². The number of benzene rings is 1. The smallest absolute Gasteiger partial charge is 0.410 e. The third kappa shape index (κ3) is 4.65. The number of hydrogen-bond donors (Lipinski definition) is 0. The molecule has 1 amide bonds. The van der Waals surface area contributed by atoms with E-state index in [4.69, 9.17) is 30.0 Å². The van der Waals surface area contributed by atoms with Crippen molar-refractivity contribution in [1.82, 2.24) is 4.90 Å². The maximum atomic E-state index is 13.9. The summed E-state index contributed by atoms with van der Waals surface area (Å²) in [6.45, 7) is -3.90. The molecule has 138 valence electrons. The Bertz CT molecular complexity index is 1140. The summed E-state index contributed by atoms with van der Waals surface area (Å²) in [7, 11) is -6.62. The summed E-state index contributed by atoms with van der Waals surface area (Å²) < 4.78 is 134. The standard InChI is InChI=1S/C19H27NO5/c1-19(2,3)25-18(22)20-11-9-13(10-12-20)16(21)14-7-6-8-15(23-4)17(14)24-5/h6-8,13H,9-12H2,1-5H3/i4D3,5D3,9D2,10D2,11D2,12D2,13D. The lowest BCUT2D eigenvalue weighted by atomic mass is 9.88. The van der Waals surface area contributed by atoms with Gasteiger partial charge in [0.25, 0.3) is 0 Å². The third-order valence-corrected chi connectivity index (χ3v) is 2.82. The van der Waals surface area contributed by atoms with Crippen molar-refractivity contribution in [2.45, 2.75) is 39.1 Å². The Balaban J connectivity index is 2.90. The molecule has 0 radical (unpaired) electrons. The topological polar surface area (TPSA) is 65.1 Å². The predicted molar refractivity (Wildman–Crippen MR) is 94.4 cm³/mol. The first-order chi connectivity index (χ1) is 17.5. The molecule has 2 rings (SSSR count). The Labute approximate surface area is 170 Å². The third-order valence-electron chi connectivity index (χ3n) is 2.82. The van der Waals surface area contributed by atoms with Crippen molar-refractivity contribution in [2.24, 2.45) is 5.89 Å². The Kier molecular flexibility index (Phi) is 2.23. The Morgan fingerprint density at radius 3 is 2.52 bits per heavy atom. The molecule has 1 saturated heterocycles. The zero-order valence-corrected chi connectivity index (χ0v) is 13.7. The average Bonchev–Trinajstić information content (AvgIpc) is 2.68. The van der Waals surface area contributed by atoms with Crippen molar-refractivity contribution < 1.29 is 44.4 Å². The van der Waals surface area contributed by atoms with Crippen LogP contribution >= 0.6 is 0 Å². The van der Waals surface area contributed by atoms with Crippen LogP contribution in [0.1, 0.15) is 64.4 Å². The van der Waals surface area contributed by atoms with Gasteiger partial charge in [-0.2, -0.15) is 0 Å². The van der Waals surface area contributed by atoms with E-state index < -0.39 is 85.1 Å². The van der Waals surface area contributed by atoms with E-state index >= 15 is 0 Å². The number of methoxy groups -OCH3 is 2. The molecule has 1 aromatic carbocycles.